The summed E-state index contributed by atoms with van der Waals surface area (Å²) < 4.78 is 0. The Labute approximate surface area is 113 Å². The van der Waals surface area contributed by atoms with Gasteiger partial charge in [-0.1, -0.05) is 49.6 Å². The summed E-state index contributed by atoms with van der Waals surface area (Å²) in [4.78, 5) is 3.44. The molecule has 0 unspecified atom stereocenters. The molecule has 0 bridgehead atoms. The van der Waals surface area contributed by atoms with Crippen molar-refractivity contribution in [1.29, 1.82) is 0 Å². The first kappa shape index (κ1) is 13.2. The van der Waals surface area contributed by atoms with Gasteiger partial charge in [0.15, 0.2) is 0 Å². The predicted octanol–water partition coefficient (Wildman–Crippen LogP) is 3.45. The second kappa shape index (κ2) is 5.57. The molecule has 96 valence electrons. The molecule has 0 spiro atoms. The van der Waals surface area contributed by atoms with Crippen LogP contribution in [0.1, 0.15) is 18.2 Å². The molecule has 0 aliphatic heterocycles. The quantitative estimate of drug-likeness (QED) is 0.796. The van der Waals surface area contributed by atoms with E-state index in [2.05, 4.69) is 37.2 Å². The van der Waals surface area contributed by atoms with Crippen LogP contribution in [-0.2, 0) is 0 Å². The minimum Gasteiger partial charge on any atom is -0.355 e. The molecule has 1 aromatic carbocycles. The van der Waals surface area contributed by atoms with Gasteiger partial charge >= 0.3 is 0 Å². The highest BCUT2D eigenvalue weighted by atomic mass is 14.7. The number of aromatic nitrogens is 1. The molecule has 2 rings (SSSR count). The largest absolute Gasteiger partial charge is 0.355 e. The number of H-pyrrole nitrogens is 1. The molecule has 0 saturated heterocycles. The maximum absolute atomic E-state index is 4.16. The molecule has 0 saturated carbocycles. The molecular weight excluding hydrogens is 230 g/mol. The summed E-state index contributed by atoms with van der Waals surface area (Å²) in [5, 5.41) is 3.16. The average Bonchev–Trinajstić information content (AvgIpc) is 2.69. The van der Waals surface area contributed by atoms with Gasteiger partial charge < -0.3 is 4.98 Å². The van der Waals surface area contributed by atoms with Gasteiger partial charge in [0, 0.05) is 16.6 Å². The summed E-state index contributed by atoms with van der Waals surface area (Å²) >= 11 is 0. The first-order valence-electron chi connectivity index (χ1n) is 6.39. The Kier molecular flexibility index (Phi) is 3.86. The number of aromatic amines is 1. The Morgan fingerprint density at radius 1 is 1.05 bits per heavy atom. The molecule has 0 aliphatic carbocycles. The topological polar surface area (TPSA) is 15.8 Å². The number of rotatable bonds is 1. The van der Waals surface area contributed by atoms with Crippen molar-refractivity contribution in [2.24, 2.45) is 0 Å². The summed E-state index contributed by atoms with van der Waals surface area (Å²) in [6, 6.07) is 12.1. The Morgan fingerprint density at radius 3 is 2.53 bits per heavy atom. The van der Waals surface area contributed by atoms with E-state index in [0.29, 0.717) is 0 Å². The molecule has 0 atom stereocenters. The minimum atomic E-state index is 0.975. The van der Waals surface area contributed by atoms with Crippen LogP contribution in [0.5, 0.6) is 0 Å². The van der Waals surface area contributed by atoms with Crippen LogP contribution in [-0.4, -0.2) is 4.98 Å². The Bertz CT molecular complexity index is 777. The van der Waals surface area contributed by atoms with Crippen molar-refractivity contribution in [3.05, 3.63) is 64.2 Å². The Balaban J connectivity index is 2.98. The third-order valence-electron chi connectivity index (χ3n) is 3.16. The van der Waals surface area contributed by atoms with Crippen molar-refractivity contribution in [3.63, 3.8) is 0 Å². The summed E-state index contributed by atoms with van der Waals surface area (Å²) in [6.07, 6.45) is 4.12. The van der Waals surface area contributed by atoms with Crippen LogP contribution in [0.25, 0.3) is 30.1 Å². The van der Waals surface area contributed by atoms with E-state index in [1.54, 1.807) is 0 Å². The molecule has 1 aromatic heterocycles. The van der Waals surface area contributed by atoms with Crippen molar-refractivity contribution >= 4 is 30.1 Å². The molecule has 1 N–H and O–H groups in total. The highest BCUT2D eigenvalue weighted by Crippen LogP contribution is 2.17. The maximum Gasteiger partial charge on any atom is 0.0467 e. The third kappa shape index (κ3) is 2.76. The summed E-state index contributed by atoms with van der Waals surface area (Å²) in [6.45, 7) is 12.3. The van der Waals surface area contributed by atoms with Gasteiger partial charge in [-0.3, -0.25) is 0 Å². The van der Waals surface area contributed by atoms with E-state index in [-0.39, 0.29) is 0 Å². The number of nitrogens with one attached hydrogen (secondary N) is 1. The molecule has 19 heavy (non-hydrogen) atoms. The van der Waals surface area contributed by atoms with Crippen molar-refractivity contribution in [2.45, 2.75) is 13.8 Å². The fourth-order valence-corrected chi connectivity index (χ4v) is 2.19. The molecule has 0 fully saturated rings. The SMILES string of the molecule is C=c1ccccc(=C)c2c(C)c(/C=C\C)[nH]c2cc1. The van der Waals surface area contributed by atoms with Crippen molar-refractivity contribution < 1.29 is 0 Å². The number of hydrogen-bond acceptors (Lipinski definition) is 0. The number of allylic oxidation sites excluding steroid dienone is 1. The molecule has 0 aliphatic rings. The minimum absolute atomic E-state index is 0.975. The van der Waals surface area contributed by atoms with E-state index < -0.39 is 0 Å². The first-order chi connectivity index (χ1) is 9.13. The molecule has 0 radical (unpaired) electrons. The smallest absolute Gasteiger partial charge is 0.0467 e. The highest BCUT2D eigenvalue weighted by molar-refractivity contribution is 5.86. The van der Waals surface area contributed by atoms with Crippen molar-refractivity contribution in [1.82, 2.24) is 4.98 Å². The van der Waals surface area contributed by atoms with E-state index in [1.807, 2.05) is 43.3 Å². The molecule has 1 heteroatoms. The van der Waals surface area contributed by atoms with E-state index >= 15 is 0 Å². The molecular formula is C18H19N. The Hall–Kier alpha value is -2.28. The van der Waals surface area contributed by atoms with E-state index in [4.69, 9.17) is 0 Å². The standard InChI is InChI=1S/C18H19N/c1-5-8-16-15(4)18-14(3)10-7-6-9-13(2)11-12-17(18)19-16/h5-12,19H,2-3H2,1,4H3/b8-5-,9-6?,10-7?,12-11?. The summed E-state index contributed by atoms with van der Waals surface area (Å²) in [5.74, 6) is 0. The number of aryl methyl sites for hydroxylation is 1. The second-order valence-electron chi connectivity index (χ2n) is 4.60. The van der Waals surface area contributed by atoms with Gasteiger partial charge in [-0.2, -0.15) is 0 Å². The first-order valence-corrected chi connectivity index (χ1v) is 6.39. The zero-order valence-electron chi connectivity index (χ0n) is 11.5. The van der Waals surface area contributed by atoms with Gasteiger partial charge in [0.05, 0.1) is 0 Å². The normalized spacial score (nSPS) is 10.8. The van der Waals surface area contributed by atoms with Crippen LogP contribution in [0.3, 0.4) is 0 Å². The number of hydrogen-bond donors (Lipinski definition) is 1. The zero-order valence-corrected chi connectivity index (χ0v) is 11.5. The van der Waals surface area contributed by atoms with Crippen LogP contribution in [0.15, 0.2) is 42.5 Å². The molecule has 2 aromatic rings. The third-order valence-corrected chi connectivity index (χ3v) is 3.16. The van der Waals surface area contributed by atoms with Crippen molar-refractivity contribution in [3.8, 4) is 0 Å². The Morgan fingerprint density at radius 2 is 1.79 bits per heavy atom. The fraction of sp³-hybridized carbons (Fsp3) is 0.111. The van der Waals surface area contributed by atoms with E-state index in [9.17, 15) is 0 Å². The molecule has 1 heterocycles. The van der Waals surface area contributed by atoms with E-state index in [1.165, 1.54) is 10.9 Å². The van der Waals surface area contributed by atoms with Crippen LogP contribution >= 0.6 is 0 Å². The lowest BCUT2D eigenvalue weighted by atomic mass is 10.1. The maximum atomic E-state index is 4.16. The second-order valence-corrected chi connectivity index (χ2v) is 4.60. The lowest BCUT2D eigenvalue weighted by Gasteiger charge is -1.90. The van der Waals surface area contributed by atoms with Crippen LogP contribution in [0.2, 0.25) is 0 Å². The highest BCUT2D eigenvalue weighted by Gasteiger charge is 2.03. The zero-order chi connectivity index (χ0) is 13.8. The summed E-state index contributed by atoms with van der Waals surface area (Å²) in [7, 11) is 0. The van der Waals surface area contributed by atoms with Gasteiger partial charge in [-0.05, 0) is 42.0 Å². The number of fused-ring (bicyclic) bond motifs is 1. The summed E-state index contributed by atoms with van der Waals surface area (Å²) in [5.41, 5.74) is 3.43. The fourth-order valence-electron chi connectivity index (χ4n) is 2.19. The molecule has 0 amide bonds. The predicted molar refractivity (Wildman–Crippen MR) is 85.7 cm³/mol. The van der Waals surface area contributed by atoms with Gasteiger partial charge in [0.2, 0.25) is 0 Å². The van der Waals surface area contributed by atoms with Gasteiger partial charge in [-0.25, -0.2) is 0 Å². The van der Waals surface area contributed by atoms with Crippen LogP contribution < -0.4 is 10.4 Å². The van der Waals surface area contributed by atoms with Crippen LogP contribution in [0.4, 0.5) is 0 Å². The van der Waals surface area contributed by atoms with Crippen LogP contribution in [0, 0.1) is 6.92 Å². The monoisotopic (exact) mass is 249 g/mol. The van der Waals surface area contributed by atoms with E-state index in [0.717, 1.165) is 21.6 Å². The van der Waals surface area contributed by atoms with Gasteiger partial charge in [0.25, 0.3) is 0 Å². The van der Waals surface area contributed by atoms with Gasteiger partial charge in [0.1, 0.15) is 0 Å². The average molecular weight is 249 g/mol. The molecule has 1 nitrogen and oxygen atoms in total. The van der Waals surface area contributed by atoms with Gasteiger partial charge in [-0.15, -0.1) is 0 Å². The van der Waals surface area contributed by atoms with Crippen molar-refractivity contribution in [2.75, 3.05) is 0 Å². The lowest BCUT2D eigenvalue weighted by molar-refractivity contribution is 1.37. The lowest BCUT2D eigenvalue weighted by Crippen LogP contribution is -1.96.